The van der Waals surface area contributed by atoms with Crippen LogP contribution in [0.5, 0.6) is 11.2 Å². The van der Waals surface area contributed by atoms with Gasteiger partial charge in [0.15, 0.2) is 11.2 Å². The summed E-state index contributed by atoms with van der Waals surface area (Å²) in [6.45, 7) is 0. The second-order valence-corrected chi connectivity index (χ2v) is 4.81. The smallest absolute Gasteiger partial charge is 0.185 e. The highest BCUT2D eigenvalue weighted by molar-refractivity contribution is 7.39. The first-order valence-electron chi connectivity index (χ1n) is 4.96. The molecule has 0 bridgehead atoms. The minimum Gasteiger partial charge on any atom is -0.504 e. The first-order valence-corrected chi connectivity index (χ1v) is 5.85. The van der Waals surface area contributed by atoms with Crippen molar-refractivity contribution in [2.45, 2.75) is 0 Å². The molecule has 0 aliphatic carbocycles. The minimum absolute atomic E-state index is 0.0165. The van der Waals surface area contributed by atoms with E-state index >= 15 is 0 Å². The predicted molar refractivity (Wildman–Crippen MR) is 67.3 cm³/mol. The van der Waals surface area contributed by atoms with E-state index in [0.717, 1.165) is 21.3 Å². The third kappa shape index (κ3) is 1.31. The normalized spacial score (nSPS) is 11.5. The number of fused-ring (bicyclic) bond motifs is 3. The maximum absolute atomic E-state index is 9.55. The van der Waals surface area contributed by atoms with Crippen molar-refractivity contribution in [1.82, 2.24) is 0 Å². The molecule has 1 heterocycles. The van der Waals surface area contributed by atoms with E-state index in [9.17, 15) is 10.2 Å². The van der Waals surface area contributed by atoms with Gasteiger partial charge >= 0.3 is 0 Å². The lowest BCUT2D eigenvalue weighted by Crippen LogP contribution is -1.75. The van der Waals surface area contributed by atoms with Gasteiger partial charge in [-0.1, -0.05) is 30.3 Å². The number of benzene rings is 2. The third-order valence-corrected chi connectivity index (χ3v) is 3.76. The fourth-order valence-electron chi connectivity index (χ4n) is 1.91. The quantitative estimate of drug-likeness (QED) is 0.571. The zero-order valence-electron chi connectivity index (χ0n) is 8.38. The molecule has 0 amide bonds. The van der Waals surface area contributed by atoms with Crippen molar-refractivity contribution in [2.75, 3.05) is 0 Å². The molecule has 3 heteroatoms. The standard InChI is InChI=1S/C13H9O2P/c14-11-7-10-9-4-2-1-3-8(9)5-6-12(10)16-13(11)15/h1-7,14-15H. The van der Waals surface area contributed by atoms with Gasteiger partial charge in [-0.3, -0.25) is 0 Å². The van der Waals surface area contributed by atoms with Gasteiger partial charge in [0.05, 0.1) is 0 Å². The molecule has 0 atom stereocenters. The van der Waals surface area contributed by atoms with Gasteiger partial charge in [0.25, 0.3) is 0 Å². The lowest BCUT2D eigenvalue weighted by Gasteiger charge is -2.04. The molecular weight excluding hydrogens is 219 g/mol. The Morgan fingerprint density at radius 1 is 0.875 bits per heavy atom. The zero-order chi connectivity index (χ0) is 11.1. The summed E-state index contributed by atoms with van der Waals surface area (Å²) >= 11 is 0. The van der Waals surface area contributed by atoms with Crippen LogP contribution in [0.1, 0.15) is 0 Å². The lowest BCUT2D eigenvalue weighted by atomic mass is 10.1. The van der Waals surface area contributed by atoms with Crippen LogP contribution in [-0.2, 0) is 0 Å². The van der Waals surface area contributed by atoms with Crippen molar-refractivity contribution in [2.24, 2.45) is 0 Å². The molecule has 78 valence electrons. The summed E-state index contributed by atoms with van der Waals surface area (Å²) in [5, 5.41) is 23.3. The summed E-state index contributed by atoms with van der Waals surface area (Å²) in [5.41, 5.74) is 0.0165. The highest BCUT2D eigenvalue weighted by Gasteiger charge is 2.05. The number of hydrogen-bond donors (Lipinski definition) is 2. The van der Waals surface area contributed by atoms with Gasteiger partial charge in [0.1, 0.15) is 0 Å². The van der Waals surface area contributed by atoms with Crippen LogP contribution in [0.15, 0.2) is 42.5 Å². The number of hydrogen-bond acceptors (Lipinski definition) is 2. The maximum Gasteiger partial charge on any atom is 0.185 e. The van der Waals surface area contributed by atoms with Crippen molar-refractivity contribution in [3.63, 3.8) is 0 Å². The van der Waals surface area contributed by atoms with Crippen LogP contribution < -0.4 is 0 Å². The fraction of sp³-hybridized carbons (Fsp3) is 0. The Morgan fingerprint density at radius 3 is 2.56 bits per heavy atom. The monoisotopic (exact) mass is 228 g/mol. The van der Waals surface area contributed by atoms with Crippen molar-refractivity contribution < 1.29 is 10.2 Å². The van der Waals surface area contributed by atoms with Gasteiger partial charge in [0, 0.05) is 5.12 Å². The summed E-state index contributed by atoms with van der Waals surface area (Å²) in [6, 6.07) is 13.7. The lowest BCUT2D eigenvalue weighted by molar-refractivity contribution is 0.414. The molecular formula is C13H9O2P. The van der Waals surface area contributed by atoms with E-state index in [1.54, 1.807) is 6.07 Å². The maximum atomic E-state index is 9.55. The molecule has 3 aromatic rings. The van der Waals surface area contributed by atoms with Crippen molar-refractivity contribution in [3.8, 4) is 11.2 Å². The Hall–Kier alpha value is -1.79. The summed E-state index contributed by atoms with van der Waals surface area (Å²) < 4.78 is 0. The minimum atomic E-state index is -0.0366. The molecule has 0 unspecified atom stereocenters. The average Bonchev–Trinajstić information content (AvgIpc) is 2.31. The van der Waals surface area contributed by atoms with E-state index in [-0.39, 0.29) is 11.2 Å². The Kier molecular flexibility index (Phi) is 1.98. The van der Waals surface area contributed by atoms with Crippen LogP contribution in [0, 0.1) is 0 Å². The van der Waals surface area contributed by atoms with Gasteiger partial charge in [-0.15, -0.1) is 0 Å². The molecule has 0 saturated carbocycles. The van der Waals surface area contributed by atoms with E-state index in [1.807, 2.05) is 36.4 Å². The second-order valence-electron chi connectivity index (χ2n) is 3.68. The molecule has 0 fully saturated rings. The SMILES string of the molecule is Oc1cc2c(ccc3ccccc32)pc1O. The van der Waals surface area contributed by atoms with E-state index in [1.165, 1.54) is 0 Å². The van der Waals surface area contributed by atoms with Gasteiger partial charge in [-0.2, -0.15) is 0 Å². The van der Waals surface area contributed by atoms with E-state index in [0.29, 0.717) is 8.19 Å². The third-order valence-electron chi connectivity index (χ3n) is 2.68. The van der Waals surface area contributed by atoms with E-state index < -0.39 is 0 Å². The number of aromatic hydroxyl groups is 2. The van der Waals surface area contributed by atoms with Crippen LogP contribution in [0.25, 0.3) is 21.3 Å². The molecule has 1 aromatic heterocycles. The van der Waals surface area contributed by atoms with Crippen LogP contribution in [-0.4, -0.2) is 10.2 Å². The molecule has 2 aromatic carbocycles. The first-order chi connectivity index (χ1) is 7.75. The highest BCUT2D eigenvalue weighted by atomic mass is 31.0. The van der Waals surface area contributed by atoms with Crippen LogP contribution >= 0.6 is 8.19 Å². The summed E-state index contributed by atoms with van der Waals surface area (Å²) in [7, 11) is 0.666. The fourth-order valence-corrected chi connectivity index (χ4v) is 2.77. The molecule has 2 N–H and O–H groups in total. The molecule has 3 rings (SSSR count). The van der Waals surface area contributed by atoms with Gasteiger partial charge in [0.2, 0.25) is 0 Å². The predicted octanol–water partition coefficient (Wildman–Crippen LogP) is 3.98. The van der Waals surface area contributed by atoms with Gasteiger partial charge in [-0.05, 0) is 36.5 Å². The first kappa shape index (κ1) is 9.44. The van der Waals surface area contributed by atoms with E-state index in [2.05, 4.69) is 0 Å². The van der Waals surface area contributed by atoms with Crippen molar-refractivity contribution in [1.29, 1.82) is 0 Å². The van der Waals surface area contributed by atoms with Crippen molar-refractivity contribution in [3.05, 3.63) is 42.5 Å². The Bertz CT molecular complexity index is 692. The van der Waals surface area contributed by atoms with Crippen LogP contribution in [0.2, 0.25) is 0 Å². The number of rotatable bonds is 0. The zero-order valence-corrected chi connectivity index (χ0v) is 9.28. The van der Waals surface area contributed by atoms with Crippen LogP contribution in [0.3, 0.4) is 0 Å². The van der Waals surface area contributed by atoms with Crippen LogP contribution in [0.4, 0.5) is 0 Å². The molecule has 0 saturated heterocycles. The molecule has 2 nitrogen and oxygen atoms in total. The Balaban J connectivity index is 2.55. The van der Waals surface area contributed by atoms with E-state index in [4.69, 9.17) is 0 Å². The van der Waals surface area contributed by atoms with Crippen molar-refractivity contribution >= 4 is 29.5 Å². The average molecular weight is 228 g/mol. The summed E-state index contributed by atoms with van der Waals surface area (Å²) in [5.74, 6) is -0.0366. The second kappa shape index (κ2) is 3.36. The summed E-state index contributed by atoms with van der Waals surface area (Å²) in [6.07, 6.45) is 0. The Labute approximate surface area is 93.9 Å². The molecule has 0 aliphatic heterocycles. The molecule has 16 heavy (non-hydrogen) atoms. The molecule has 0 spiro atoms. The largest absolute Gasteiger partial charge is 0.504 e. The summed E-state index contributed by atoms with van der Waals surface area (Å²) in [4.78, 5) is 0. The molecule has 0 aliphatic rings. The molecule has 0 radical (unpaired) electrons. The Morgan fingerprint density at radius 2 is 1.69 bits per heavy atom. The topological polar surface area (TPSA) is 40.5 Å². The highest BCUT2D eigenvalue weighted by Crippen LogP contribution is 2.42. The van der Waals surface area contributed by atoms with Gasteiger partial charge < -0.3 is 10.2 Å². The van der Waals surface area contributed by atoms with Gasteiger partial charge in [-0.25, -0.2) is 0 Å².